The average Bonchev–Trinajstić information content (AvgIpc) is 2.49. The quantitative estimate of drug-likeness (QED) is 0.801. The predicted octanol–water partition coefficient (Wildman–Crippen LogP) is 5.15. The molecule has 2 aromatic carbocycles. The molecule has 0 heterocycles. The highest BCUT2D eigenvalue weighted by Crippen LogP contribution is 2.24. The molecule has 0 aliphatic rings. The van der Waals surface area contributed by atoms with Crippen molar-refractivity contribution >= 4 is 27.5 Å². The van der Waals surface area contributed by atoms with E-state index in [0.717, 1.165) is 10.2 Å². The molecule has 1 amide bonds. The van der Waals surface area contributed by atoms with Gasteiger partial charge in [0.05, 0.1) is 0 Å². The van der Waals surface area contributed by atoms with Gasteiger partial charge in [-0.15, -0.1) is 0 Å². The summed E-state index contributed by atoms with van der Waals surface area (Å²) in [5.74, 6) is 0.517. The molecule has 0 bridgehead atoms. The van der Waals surface area contributed by atoms with Gasteiger partial charge in [0, 0.05) is 10.2 Å². The summed E-state index contributed by atoms with van der Waals surface area (Å²) in [6.45, 7) is 8.23. The van der Waals surface area contributed by atoms with Crippen LogP contribution >= 0.6 is 15.9 Å². The number of amides is 1. The van der Waals surface area contributed by atoms with Crippen molar-refractivity contribution in [2.75, 3.05) is 5.32 Å². The first kappa shape index (κ1) is 17.5. The molecular weight excluding hydrogens is 354 g/mol. The number of nitrogens with one attached hydrogen (secondary N) is 1. The molecule has 122 valence electrons. The molecule has 0 spiro atoms. The van der Waals surface area contributed by atoms with Crippen molar-refractivity contribution in [2.45, 2.75) is 39.2 Å². The van der Waals surface area contributed by atoms with Gasteiger partial charge in [0.25, 0.3) is 5.91 Å². The van der Waals surface area contributed by atoms with E-state index in [1.807, 2.05) is 48.5 Å². The lowest BCUT2D eigenvalue weighted by Gasteiger charge is -2.20. The maximum Gasteiger partial charge on any atom is 0.265 e. The number of hydrogen-bond donors (Lipinski definition) is 1. The molecule has 2 aromatic rings. The molecule has 0 fully saturated rings. The Morgan fingerprint density at radius 1 is 1.04 bits per heavy atom. The van der Waals surface area contributed by atoms with Gasteiger partial charge in [-0.25, -0.2) is 0 Å². The molecule has 0 saturated carbocycles. The summed E-state index contributed by atoms with van der Waals surface area (Å²) in [6.07, 6.45) is -0.570. The highest BCUT2D eigenvalue weighted by atomic mass is 79.9. The number of carbonyl (C=O) groups is 1. The third kappa shape index (κ3) is 5.10. The zero-order valence-electron chi connectivity index (χ0n) is 13.9. The minimum absolute atomic E-state index is 0.100. The summed E-state index contributed by atoms with van der Waals surface area (Å²) in [4.78, 5) is 12.2. The minimum atomic E-state index is -0.570. The fourth-order valence-electron chi connectivity index (χ4n) is 2.07. The van der Waals surface area contributed by atoms with Crippen LogP contribution in [0.3, 0.4) is 0 Å². The van der Waals surface area contributed by atoms with Crippen molar-refractivity contribution in [3.8, 4) is 5.75 Å². The molecular formula is C19H22BrNO2. The van der Waals surface area contributed by atoms with Crippen LogP contribution in [-0.4, -0.2) is 12.0 Å². The summed E-state index contributed by atoms with van der Waals surface area (Å²) in [7, 11) is 0. The number of hydrogen-bond acceptors (Lipinski definition) is 2. The Bertz CT molecular complexity index is 657. The molecule has 1 atom stereocenters. The van der Waals surface area contributed by atoms with Crippen molar-refractivity contribution in [3.63, 3.8) is 0 Å². The Morgan fingerprint density at radius 2 is 1.61 bits per heavy atom. The summed E-state index contributed by atoms with van der Waals surface area (Å²) in [5, 5.41) is 2.84. The Labute approximate surface area is 146 Å². The van der Waals surface area contributed by atoms with Crippen LogP contribution in [0.4, 0.5) is 5.69 Å². The van der Waals surface area contributed by atoms with Gasteiger partial charge in [0.2, 0.25) is 0 Å². The van der Waals surface area contributed by atoms with Crippen molar-refractivity contribution in [1.29, 1.82) is 0 Å². The van der Waals surface area contributed by atoms with Crippen molar-refractivity contribution in [2.24, 2.45) is 0 Å². The molecule has 4 heteroatoms. The summed E-state index contributed by atoms with van der Waals surface area (Å²) >= 11 is 3.37. The van der Waals surface area contributed by atoms with Crippen molar-refractivity contribution in [1.82, 2.24) is 0 Å². The number of rotatable bonds is 4. The number of benzene rings is 2. The van der Waals surface area contributed by atoms with Crippen LogP contribution in [-0.2, 0) is 10.2 Å². The number of ether oxygens (including phenoxy) is 1. The Hall–Kier alpha value is -1.81. The highest BCUT2D eigenvalue weighted by molar-refractivity contribution is 9.10. The van der Waals surface area contributed by atoms with Gasteiger partial charge >= 0.3 is 0 Å². The van der Waals surface area contributed by atoms with Crippen LogP contribution in [0.15, 0.2) is 53.0 Å². The molecule has 0 aliphatic carbocycles. The van der Waals surface area contributed by atoms with E-state index in [1.54, 1.807) is 6.92 Å². The van der Waals surface area contributed by atoms with E-state index < -0.39 is 6.10 Å². The smallest absolute Gasteiger partial charge is 0.265 e. The molecule has 0 saturated heterocycles. The van der Waals surface area contributed by atoms with Gasteiger partial charge in [-0.05, 0) is 54.3 Å². The molecule has 0 aliphatic heterocycles. The van der Waals surface area contributed by atoms with Gasteiger partial charge in [0.15, 0.2) is 6.10 Å². The molecule has 2 rings (SSSR count). The minimum Gasteiger partial charge on any atom is -0.481 e. The monoisotopic (exact) mass is 375 g/mol. The van der Waals surface area contributed by atoms with Gasteiger partial charge in [-0.3, -0.25) is 4.79 Å². The third-order valence-corrected chi connectivity index (χ3v) is 4.04. The van der Waals surface area contributed by atoms with Gasteiger partial charge in [0.1, 0.15) is 5.75 Å². The second-order valence-corrected chi connectivity index (χ2v) is 7.45. The SMILES string of the molecule is C[C@H](Oc1ccc(C(C)(C)C)cc1)C(=O)Nc1ccc(Br)cc1. The summed E-state index contributed by atoms with van der Waals surface area (Å²) < 4.78 is 6.69. The van der Waals surface area contributed by atoms with E-state index in [0.29, 0.717) is 5.75 Å². The number of carbonyl (C=O) groups excluding carboxylic acids is 1. The topological polar surface area (TPSA) is 38.3 Å². The van der Waals surface area contributed by atoms with E-state index in [2.05, 4.69) is 42.0 Å². The van der Waals surface area contributed by atoms with Crippen LogP contribution < -0.4 is 10.1 Å². The highest BCUT2D eigenvalue weighted by Gasteiger charge is 2.16. The van der Waals surface area contributed by atoms with Crippen LogP contribution in [0.25, 0.3) is 0 Å². The lowest BCUT2D eigenvalue weighted by molar-refractivity contribution is -0.122. The van der Waals surface area contributed by atoms with Crippen molar-refractivity contribution < 1.29 is 9.53 Å². The molecule has 1 N–H and O–H groups in total. The maximum atomic E-state index is 12.2. The lowest BCUT2D eigenvalue weighted by Crippen LogP contribution is -2.30. The zero-order valence-corrected chi connectivity index (χ0v) is 15.5. The molecule has 23 heavy (non-hydrogen) atoms. The third-order valence-electron chi connectivity index (χ3n) is 3.51. The van der Waals surface area contributed by atoms with Crippen LogP contribution in [0, 0.1) is 0 Å². The largest absolute Gasteiger partial charge is 0.481 e. The predicted molar refractivity (Wildman–Crippen MR) is 98.0 cm³/mol. The first-order valence-corrected chi connectivity index (χ1v) is 8.38. The molecule has 0 radical (unpaired) electrons. The fourth-order valence-corrected chi connectivity index (χ4v) is 2.33. The van der Waals surface area contributed by atoms with Gasteiger partial charge < -0.3 is 10.1 Å². The zero-order chi connectivity index (χ0) is 17.0. The number of anilines is 1. The first-order chi connectivity index (χ1) is 10.8. The van der Waals surface area contributed by atoms with Crippen LogP contribution in [0.1, 0.15) is 33.3 Å². The summed E-state index contributed by atoms with van der Waals surface area (Å²) in [6, 6.07) is 15.3. The Balaban J connectivity index is 1.96. The summed E-state index contributed by atoms with van der Waals surface area (Å²) in [5.41, 5.74) is 2.08. The molecule has 0 unspecified atom stereocenters. The number of halogens is 1. The normalized spacial score (nSPS) is 12.6. The fraction of sp³-hybridized carbons (Fsp3) is 0.316. The standard InChI is InChI=1S/C19H22BrNO2/c1-13(18(22)21-16-9-7-15(20)8-10-16)23-17-11-5-14(6-12-17)19(2,3)4/h5-13H,1-4H3,(H,21,22)/t13-/m0/s1. The van der Waals surface area contributed by atoms with E-state index in [9.17, 15) is 4.79 Å². The molecule has 3 nitrogen and oxygen atoms in total. The van der Waals surface area contributed by atoms with E-state index in [1.165, 1.54) is 5.56 Å². The van der Waals surface area contributed by atoms with E-state index >= 15 is 0 Å². The second-order valence-electron chi connectivity index (χ2n) is 6.53. The van der Waals surface area contributed by atoms with Crippen LogP contribution in [0.5, 0.6) is 5.75 Å². The lowest BCUT2D eigenvalue weighted by atomic mass is 9.87. The second kappa shape index (κ2) is 7.18. The van der Waals surface area contributed by atoms with E-state index in [-0.39, 0.29) is 11.3 Å². The molecule has 0 aromatic heterocycles. The van der Waals surface area contributed by atoms with E-state index in [4.69, 9.17) is 4.74 Å². The first-order valence-electron chi connectivity index (χ1n) is 7.59. The van der Waals surface area contributed by atoms with Gasteiger partial charge in [-0.2, -0.15) is 0 Å². The van der Waals surface area contributed by atoms with Crippen LogP contribution in [0.2, 0.25) is 0 Å². The Kier molecular flexibility index (Phi) is 5.47. The van der Waals surface area contributed by atoms with Gasteiger partial charge in [-0.1, -0.05) is 48.8 Å². The Morgan fingerprint density at radius 3 is 2.13 bits per heavy atom. The van der Waals surface area contributed by atoms with Crippen molar-refractivity contribution in [3.05, 3.63) is 58.6 Å². The average molecular weight is 376 g/mol. The maximum absolute atomic E-state index is 12.2.